The molecule has 5 nitrogen and oxygen atoms in total. The van der Waals surface area contributed by atoms with E-state index in [9.17, 15) is 9.59 Å². The molecule has 2 amide bonds. The molecule has 1 unspecified atom stereocenters. The average molecular weight is 316 g/mol. The number of carbonyl (C=O) groups is 2. The highest BCUT2D eigenvalue weighted by Crippen LogP contribution is 2.24. The van der Waals surface area contributed by atoms with Gasteiger partial charge in [-0.05, 0) is 63.1 Å². The van der Waals surface area contributed by atoms with E-state index in [4.69, 9.17) is 4.74 Å². The molecule has 1 atom stereocenters. The van der Waals surface area contributed by atoms with Crippen molar-refractivity contribution in [1.82, 2.24) is 10.6 Å². The van der Waals surface area contributed by atoms with Gasteiger partial charge in [0.15, 0.2) is 0 Å². The van der Waals surface area contributed by atoms with Crippen molar-refractivity contribution in [3.63, 3.8) is 0 Å². The molecule has 2 aliphatic rings. The highest BCUT2D eigenvalue weighted by Gasteiger charge is 2.23. The Bertz CT molecular complexity index is 567. The Morgan fingerprint density at radius 3 is 2.74 bits per heavy atom. The Labute approximate surface area is 136 Å². The van der Waals surface area contributed by atoms with Gasteiger partial charge in [0.25, 0.3) is 5.91 Å². The largest absolute Gasteiger partial charge is 0.490 e. The van der Waals surface area contributed by atoms with E-state index in [0.717, 1.165) is 31.4 Å². The fourth-order valence-corrected chi connectivity index (χ4v) is 3.23. The van der Waals surface area contributed by atoms with E-state index in [0.29, 0.717) is 18.5 Å². The Hall–Kier alpha value is -2.04. The number of amides is 2. The minimum Gasteiger partial charge on any atom is -0.490 e. The van der Waals surface area contributed by atoms with Crippen LogP contribution in [0.5, 0.6) is 5.75 Å². The van der Waals surface area contributed by atoms with Crippen molar-refractivity contribution >= 4 is 11.8 Å². The topological polar surface area (TPSA) is 67.4 Å². The summed E-state index contributed by atoms with van der Waals surface area (Å²) < 4.78 is 5.94. The van der Waals surface area contributed by atoms with Crippen LogP contribution in [-0.2, 0) is 4.79 Å². The van der Waals surface area contributed by atoms with Crippen LogP contribution in [0, 0.1) is 0 Å². The summed E-state index contributed by atoms with van der Waals surface area (Å²) in [6.45, 7) is 0.690. The zero-order chi connectivity index (χ0) is 16.1. The van der Waals surface area contributed by atoms with Gasteiger partial charge in [-0.2, -0.15) is 0 Å². The van der Waals surface area contributed by atoms with Gasteiger partial charge in [-0.3, -0.25) is 9.59 Å². The number of benzene rings is 1. The smallest absolute Gasteiger partial charge is 0.252 e. The molecule has 1 heterocycles. The third-order valence-corrected chi connectivity index (χ3v) is 4.54. The second-order valence-electron chi connectivity index (χ2n) is 6.37. The number of carbonyl (C=O) groups excluding carboxylic acids is 2. The van der Waals surface area contributed by atoms with E-state index in [1.165, 1.54) is 12.8 Å². The van der Waals surface area contributed by atoms with Crippen LogP contribution in [0.4, 0.5) is 0 Å². The van der Waals surface area contributed by atoms with E-state index in [1.54, 1.807) is 12.1 Å². The number of nitrogens with one attached hydrogen (secondary N) is 2. The fourth-order valence-electron chi connectivity index (χ4n) is 3.23. The van der Waals surface area contributed by atoms with E-state index >= 15 is 0 Å². The van der Waals surface area contributed by atoms with Crippen molar-refractivity contribution in [3.8, 4) is 5.75 Å². The van der Waals surface area contributed by atoms with E-state index in [1.807, 2.05) is 12.1 Å². The van der Waals surface area contributed by atoms with Gasteiger partial charge in [0, 0.05) is 12.1 Å². The first-order valence-corrected chi connectivity index (χ1v) is 8.58. The molecule has 1 aromatic carbocycles. The Kier molecular flexibility index (Phi) is 5.16. The van der Waals surface area contributed by atoms with Crippen molar-refractivity contribution < 1.29 is 14.3 Å². The molecule has 23 heavy (non-hydrogen) atoms. The summed E-state index contributed by atoms with van der Waals surface area (Å²) in [6.07, 6.45) is 7.44. The molecule has 1 aliphatic heterocycles. The van der Waals surface area contributed by atoms with E-state index in [-0.39, 0.29) is 17.9 Å². The van der Waals surface area contributed by atoms with E-state index < -0.39 is 6.04 Å². The van der Waals surface area contributed by atoms with Crippen LogP contribution in [0.25, 0.3) is 0 Å². The van der Waals surface area contributed by atoms with Gasteiger partial charge in [-0.15, -0.1) is 0 Å². The second kappa shape index (κ2) is 7.49. The lowest BCUT2D eigenvalue weighted by Crippen LogP contribution is -2.45. The summed E-state index contributed by atoms with van der Waals surface area (Å²) in [5.74, 6) is 0.424. The van der Waals surface area contributed by atoms with Crippen molar-refractivity contribution in [2.45, 2.75) is 57.1 Å². The summed E-state index contributed by atoms with van der Waals surface area (Å²) in [4.78, 5) is 24.3. The van der Waals surface area contributed by atoms with Gasteiger partial charge in [-0.1, -0.05) is 6.07 Å². The van der Waals surface area contributed by atoms with Crippen LogP contribution < -0.4 is 15.4 Å². The SMILES string of the molecule is O=C(NC1CCCCNC1=O)c1cccc(OC2CCCC2)c1. The normalized spacial score (nSPS) is 22.3. The lowest BCUT2D eigenvalue weighted by Gasteiger charge is -2.16. The third kappa shape index (κ3) is 4.24. The quantitative estimate of drug-likeness (QED) is 0.896. The number of rotatable bonds is 4. The molecule has 124 valence electrons. The van der Waals surface area contributed by atoms with Crippen LogP contribution in [0.1, 0.15) is 55.3 Å². The molecule has 0 bridgehead atoms. The van der Waals surface area contributed by atoms with Crippen molar-refractivity contribution in [3.05, 3.63) is 29.8 Å². The Morgan fingerprint density at radius 1 is 1.13 bits per heavy atom. The van der Waals surface area contributed by atoms with Crippen molar-refractivity contribution in [2.24, 2.45) is 0 Å². The maximum Gasteiger partial charge on any atom is 0.252 e. The summed E-state index contributed by atoms with van der Waals surface area (Å²) >= 11 is 0. The van der Waals surface area contributed by atoms with Crippen LogP contribution in [0.3, 0.4) is 0 Å². The van der Waals surface area contributed by atoms with Crippen LogP contribution in [0.15, 0.2) is 24.3 Å². The lowest BCUT2D eigenvalue weighted by molar-refractivity contribution is -0.122. The maximum absolute atomic E-state index is 12.4. The highest BCUT2D eigenvalue weighted by molar-refractivity contribution is 5.97. The zero-order valence-corrected chi connectivity index (χ0v) is 13.3. The second-order valence-corrected chi connectivity index (χ2v) is 6.37. The predicted octanol–water partition coefficient (Wildman–Crippen LogP) is 2.41. The summed E-state index contributed by atoms with van der Waals surface area (Å²) in [7, 11) is 0. The van der Waals surface area contributed by atoms with Gasteiger partial charge in [0.2, 0.25) is 5.91 Å². The molecule has 5 heteroatoms. The molecular weight excluding hydrogens is 292 g/mol. The lowest BCUT2D eigenvalue weighted by atomic mass is 10.1. The molecule has 3 rings (SSSR count). The summed E-state index contributed by atoms with van der Waals surface area (Å²) in [5, 5.41) is 5.67. The molecule has 1 aliphatic carbocycles. The Balaban J connectivity index is 1.63. The zero-order valence-electron chi connectivity index (χ0n) is 13.3. The molecule has 1 aromatic rings. The minimum atomic E-state index is -0.440. The van der Waals surface area contributed by atoms with Gasteiger partial charge < -0.3 is 15.4 Å². The fraction of sp³-hybridized carbons (Fsp3) is 0.556. The van der Waals surface area contributed by atoms with Crippen LogP contribution in [0.2, 0.25) is 0 Å². The Morgan fingerprint density at radius 2 is 1.91 bits per heavy atom. The summed E-state index contributed by atoms with van der Waals surface area (Å²) in [6, 6.07) is 6.79. The van der Waals surface area contributed by atoms with Crippen molar-refractivity contribution in [1.29, 1.82) is 0 Å². The molecular formula is C18H24N2O3. The summed E-state index contributed by atoms with van der Waals surface area (Å²) in [5.41, 5.74) is 0.539. The minimum absolute atomic E-state index is 0.0887. The monoisotopic (exact) mass is 316 g/mol. The standard InChI is InChI=1S/C18H24N2O3/c21-17(20-16-10-3-4-11-19-18(16)22)13-6-5-9-15(12-13)23-14-7-1-2-8-14/h5-6,9,12,14,16H,1-4,7-8,10-11H2,(H,19,22)(H,20,21). The number of ether oxygens (including phenoxy) is 1. The first-order chi connectivity index (χ1) is 11.2. The first-order valence-electron chi connectivity index (χ1n) is 8.58. The highest BCUT2D eigenvalue weighted by atomic mass is 16.5. The number of hydrogen-bond donors (Lipinski definition) is 2. The van der Waals surface area contributed by atoms with Gasteiger partial charge in [0.05, 0.1) is 6.10 Å². The van der Waals surface area contributed by atoms with E-state index in [2.05, 4.69) is 10.6 Å². The van der Waals surface area contributed by atoms with Gasteiger partial charge in [0.1, 0.15) is 11.8 Å². The predicted molar refractivity (Wildman–Crippen MR) is 87.4 cm³/mol. The van der Waals surface area contributed by atoms with Gasteiger partial charge in [-0.25, -0.2) is 0 Å². The molecule has 1 saturated heterocycles. The average Bonchev–Trinajstić information content (AvgIpc) is 2.98. The molecule has 0 radical (unpaired) electrons. The molecule has 0 aromatic heterocycles. The molecule has 1 saturated carbocycles. The molecule has 0 spiro atoms. The first kappa shape index (κ1) is 15.8. The third-order valence-electron chi connectivity index (χ3n) is 4.54. The molecule has 2 fully saturated rings. The van der Waals surface area contributed by atoms with Crippen molar-refractivity contribution in [2.75, 3.05) is 6.54 Å². The van der Waals surface area contributed by atoms with Crippen LogP contribution in [-0.4, -0.2) is 30.5 Å². The number of hydrogen-bond acceptors (Lipinski definition) is 3. The maximum atomic E-state index is 12.4. The molecule has 2 N–H and O–H groups in total. The van der Waals surface area contributed by atoms with Crippen LogP contribution >= 0.6 is 0 Å². The van der Waals surface area contributed by atoms with Gasteiger partial charge >= 0.3 is 0 Å².